The quantitative estimate of drug-likeness (QED) is 0.824. The second kappa shape index (κ2) is 4.70. The maximum absolute atomic E-state index is 13.9. The summed E-state index contributed by atoms with van der Waals surface area (Å²) in [7, 11) is 0. The van der Waals surface area contributed by atoms with E-state index in [-0.39, 0.29) is 5.56 Å². The highest BCUT2D eigenvalue weighted by Crippen LogP contribution is 2.31. The van der Waals surface area contributed by atoms with Gasteiger partial charge in [0, 0.05) is 5.56 Å². The van der Waals surface area contributed by atoms with Crippen LogP contribution in [0.3, 0.4) is 0 Å². The zero-order chi connectivity index (χ0) is 14.2. The number of hydrogen-bond acceptors (Lipinski definition) is 1. The highest BCUT2D eigenvalue weighted by Gasteiger charge is 2.30. The van der Waals surface area contributed by atoms with E-state index in [9.17, 15) is 13.2 Å². The molecular formula is C15H14F3N. The Bertz CT molecular complexity index is 621. The third-order valence-electron chi connectivity index (χ3n) is 3.30. The fraction of sp³-hybridized carbons (Fsp3) is 0.200. The molecule has 2 aromatic rings. The van der Waals surface area contributed by atoms with Gasteiger partial charge in [0.25, 0.3) is 0 Å². The lowest BCUT2D eigenvalue weighted by Gasteiger charge is -2.28. The Morgan fingerprint density at radius 3 is 2.16 bits per heavy atom. The molecule has 2 rings (SSSR count). The van der Waals surface area contributed by atoms with Crippen molar-refractivity contribution in [1.29, 1.82) is 0 Å². The van der Waals surface area contributed by atoms with Crippen LogP contribution < -0.4 is 5.73 Å². The van der Waals surface area contributed by atoms with Crippen LogP contribution in [0.15, 0.2) is 36.4 Å². The molecule has 0 bridgehead atoms. The molecule has 0 spiro atoms. The van der Waals surface area contributed by atoms with E-state index in [0.29, 0.717) is 5.56 Å². The van der Waals surface area contributed by atoms with Crippen molar-refractivity contribution in [3.8, 4) is 0 Å². The van der Waals surface area contributed by atoms with E-state index in [1.165, 1.54) is 6.07 Å². The maximum Gasteiger partial charge on any atom is 0.194 e. The van der Waals surface area contributed by atoms with Crippen molar-refractivity contribution < 1.29 is 13.2 Å². The Morgan fingerprint density at radius 2 is 1.53 bits per heavy atom. The van der Waals surface area contributed by atoms with Gasteiger partial charge in [-0.25, -0.2) is 13.2 Å². The van der Waals surface area contributed by atoms with Gasteiger partial charge in [0.1, 0.15) is 0 Å². The second-order valence-corrected chi connectivity index (χ2v) is 4.74. The lowest BCUT2D eigenvalue weighted by atomic mass is 9.83. The number of nitrogens with two attached hydrogens (primary N) is 1. The first-order chi connectivity index (χ1) is 8.85. The Morgan fingerprint density at radius 1 is 0.895 bits per heavy atom. The second-order valence-electron chi connectivity index (χ2n) is 4.74. The van der Waals surface area contributed by atoms with Crippen molar-refractivity contribution in [2.45, 2.75) is 19.4 Å². The van der Waals surface area contributed by atoms with E-state index in [1.54, 1.807) is 19.1 Å². The standard InChI is InChI=1S/C15H14F3N/c1-9-5-3-4-6-10(9)15(2,19)11-7-8-12(16)14(18)13(11)17/h3-8H,19H2,1-2H3. The molecule has 1 nitrogen and oxygen atoms in total. The van der Waals surface area contributed by atoms with Crippen LogP contribution >= 0.6 is 0 Å². The number of benzene rings is 2. The first-order valence-electron chi connectivity index (χ1n) is 5.84. The van der Waals surface area contributed by atoms with Crippen LogP contribution in [-0.4, -0.2) is 0 Å². The van der Waals surface area contributed by atoms with E-state index in [2.05, 4.69) is 0 Å². The summed E-state index contributed by atoms with van der Waals surface area (Å²) in [6.07, 6.45) is 0. The minimum absolute atomic E-state index is 0.0688. The normalized spacial score (nSPS) is 14.2. The van der Waals surface area contributed by atoms with Crippen LogP contribution in [0.2, 0.25) is 0 Å². The van der Waals surface area contributed by atoms with Crippen molar-refractivity contribution >= 4 is 0 Å². The Kier molecular flexibility index (Phi) is 3.37. The minimum Gasteiger partial charge on any atom is -0.318 e. The van der Waals surface area contributed by atoms with Crippen LogP contribution in [0.1, 0.15) is 23.6 Å². The topological polar surface area (TPSA) is 26.0 Å². The molecule has 100 valence electrons. The third-order valence-corrected chi connectivity index (χ3v) is 3.30. The van der Waals surface area contributed by atoms with Gasteiger partial charge in [-0.05, 0) is 31.0 Å². The fourth-order valence-corrected chi connectivity index (χ4v) is 2.23. The fourth-order valence-electron chi connectivity index (χ4n) is 2.23. The smallest absolute Gasteiger partial charge is 0.194 e. The van der Waals surface area contributed by atoms with Gasteiger partial charge in [-0.3, -0.25) is 0 Å². The van der Waals surface area contributed by atoms with Gasteiger partial charge < -0.3 is 5.73 Å². The molecule has 4 heteroatoms. The van der Waals surface area contributed by atoms with Crippen molar-refractivity contribution in [2.75, 3.05) is 0 Å². The molecule has 0 saturated heterocycles. The molecule has 0 aliphatic heterocycles. The summed E-state index contributed by atoms with van der Waals surface area (Å²) in [5.41, 5.74) is 6.37. The highest BCUT2D eigenvalue weighted by atomic mass is 19.2. The van der Waals surface area contributed by atoms with Crippen molar-refractivity contribution in [3.63, 3.8) is 0 Å². The predicted molar refractivity (Wildman–Crippen MR) is 68.1 cm³/mol. The van der Waals surface area contributed by atoms with E-state index in [0.717, 1.165) is 11.6 Å². The number of halogens is 3. The lowest BCUT2D eigenvalue weighted by molar-refractivity contribution is 0.425. The molecule has 1 atom stereocenters. The van der Waals surface area contributed by atoms with E-state index >= 15 is 0 Å². The molecule has 0 heterocycles. The summed E-state index contributed by atoms with van der Waals surface area (Å²) in [4.78, 5) is 0. The van der Waals surface area contributed by atoms with Crippen LogP contribution in [0.25, 0.3) is 0 Å². The predicted octanol–water partition coefficient (Wildman–Crippen LogP) is 3.63. The number of rotatable bonds is 2. The van der Waals surface area contributed by atoms with Crippen LogP contribution in [0, 0.1) is 24.4 Å². The SMILES string of the molecule is Cc1ccccc1C(C)(N)c1ccc(F)c(F)c1F. The van der Waals surface area contributed by atoms with Gasteiger partial charge >= 0.3 is 0 Å². The largest absolute Gasteiger partial charge is 0.318 e. The van der Waals surface area contributed by atoms with Gasteiger partial charge in [0.2, 0.25) is 0 Å². The lowest BCUT2D eigenvalue weighted by Crippen LogP contribution is -2.36. The third kappa shape index (κ3) is 2.24. The van der Waals surface area contributed by atoms with Gasteiger partial charge in [-0.2, -0.15) is 0 Å². The average molecular weight is 265 g/mol. The first-order valence-corrected chi connectivity index (χ1v) is 5.84. The molecule has 0 amide bonds. The Labute approximate surface area is 109 Å². The number of aryl methyl sites for hydroxylation is 1. The monoisotopic (exact) mass is 265 g/mol. The molecule has 2 N–H and O–H groups in total. The van der Waals surface area contributed by atoms with Crippen molar-refractivity contribution in [3.05, 3.63) is 70.5 Å². The zero-order valence-corrected chi connectivity index (χ0v) is 10.7. The summed E-state index contributed by atoms with van der Waals surface area (Å²) in [5, 5.41) is 0. The molecule has 0 aromatic heterocycles. The molecule has 19 heavy (non-hydrogen) atoms. The molecule has 0 radical (unpaired) electrons. The maximum atomic E-state index is 13.9. The van der Waals surface area contributed by atoms with Crippen LogP contribution in [0.5, 0.6) is 0 Å². The van der Waals surface area contributed by atoms with Crippen molar-refractivity contribution in [2.24, 2.45) is 5.73 Å². The van der Waals surface area contributed by atoms with Gasteiger partial charge in [-0.1, -0.05) is 30.3 Å². The summed E-state index contributed by atoms with van der Waals surface area (Å²) in [6.45, 7) is 3.41. The van der Waals surface area contributed by atoms with Crippen molar-refractivity contribution in [1.82, 2.24) is 0 Å². The molecule has 0 fully saturated rings. The minimum atomic E-state index is -1.50. The zero-order valence-electron chi connectivity index (χ0n) is 10.7. The van der Waals surface area contributed by atoms with Gasteiger partial charge in [-0.15, -0.1) is 0 Å². The summed E-state index contributed by atoms with van der Waals surface area (Å²) < 4.78 is 40.2. The van der Waals surface area contributed by atoms with Gasteiger partial charge in [0.05, 0.1) is 5.54 Å². The molecule has 0 aliphatic carbocycles. The molecular weight excluding hydrogens is 251 g/mol. The summed E-state index contributed by atoms with van der Waals surface area (Å²) >= 11 is 0. The average Bonchev–Trinajstić information content (AvgIpc) is 2.36. The van der Waals surface area contributed by atoms with E-state index < -0.39 is 23.0 Å². The Hall–Kier alpha value is -1.81. The summed E-state index contributed by atoms with van der Waals surface area (Å²) in [6, 6.07) is 9.24. The van der Waals surface area contributed by atoms with E-state index in [1.807, 2.05) is 19.1 Å². The molecule has 0 saturated carbocycles. The Balaban J connectivity index is 2.64. The first kappa shape index (κ1) is 13.6. The highest BCUT2D eigenvalue weighted by molar-refractivity contribution is 5.42. The number of hydrogen-bond donors (Lipinski definition) is 1. The summed E-state index contributed by atoms with van der Waals surface area (Å²) in [5.74, 6) is -3.96. The molecule has 1 unspecified atom stereocenters. The van der Waals surface area contributed by atoms with Crippen LogP contribution in [-0.2, 0) is 5.54 Å². The van der Waals surface area contributed by atoms with E-state index in [4.69, 9.17) is 5.73 Å². The van der Waals surface area contributed by atoms with Gasteiger partial charge in [0.15, 0.2) is 17.5 Å². The van der Waals surface area contributed by atoms with Crippen LogP contribution in [0.4, 0.5) is 13.2 Å². The molecule has 2 aromatic carbocycles. The molecule has 0 aliphatic rings.